The smallest absolute Gasteiger partial charge is 0.160 e. The molecule has 0 N–H and O–H groups in total. The molecule has 5 heteroatoms. The van der Waals surface area contributed by atoms with E-state index in [0.717, 1.165) is 49.5 Å². The fourth-order valence-electron chi connectivity index (χ4n) is 8.01. The molecule has 0 aliphatic rings. The van der Waals surface area contributed by atoms with E-state index >= 15 is 0 Å². The van der Waals surface area contributed by atoms with Crippen molar-refractivity contribution in [1.29, 1.82) is 0 Å². The van der Waals surface area contributed by atoms with Gasteiger partial charge in [-0.15, -0.1) is 11.3 Å². The molecule has 0 radical (unpaired) electrons. The highest BCUT2D eigenvalue weighted by molar-refractivity contribution is 7.25. The lowest BCUT2D eigenvalue weighted by Crippen LogP contribution is -1.99. The van der Waals surface area contributed by atoms with Crippen molar-refractivity contribution in [2.75, 3.05) is 0 Å². The highest BCUT2D eigenvalue weighted by Gasteiger charge is 2.19. The lowest BCUT2D eigenvalue weighted by atomic mass is 9.97. The quantitative estimate of drug-likeness (QED) is 0.187. The summed E-state index contributed by atoms with van der Waals surface area (Å²) in [5.41, 5.74) is 11.2. The molecular formula is C46H28N4S. The maximum Gasteiger partial charge on any atom is 0.160 e. The van der Waals surface area contributed by atoms with Gasteiger partial charge in [0.05, 0.1) is 38.0 Å². The molecule has 4 aromatic heterocycles. The third-order valence-corrected chi connectivity index (χ3v) is 11.3. The van der Waals surface area contributed by atoms with E-state index < -0.39 is 0 Å². The van der Waals surface area contributed by atoms with Gasteiger partial charge in [0.1, 0.15) is 0 Å². The summed E-state index contributed by atoms with van der Waals surface area (Å²) in [5, 5.41) is 6.14. The number of para-hydroxylation sites is 5. The molecule has 0 amide bonds. The molecule has 238 valence electrons. The van der Waals surface area contributed by atoms with Gasteiger partial charge in [-0.3, -0.25) is 0 Å². The highest BCUT2D eigenvalue weighted by Crippen LogP contribution is 2.41. The van der Waals surface area contributed by atoms with Crippen LogP contribution in [0.2, 0.25) is 0 Å². The molecule has 4 nitrogen and oxygen atoms in total. The Morgan fingerprint density at radius 2 is 0.922 bits per heavy atom. The number of hydrogen-bond donors (Lipinski definition) is 0. The van der Waals surface area contributed by atoms with Gasteiger partial charge < -0.3 is 9.13 Å². The summed E-state index contributed by atoms with van der Waals surface area (Å²) < 4.78 is 7.04. The summed E-state index contributed by atoms with van der Waals surface area (Å²) in [4.78, 5) is 10.3. The summed E-state index contributed by atoms with van der Waals surface area (Å²) in [6.07, 6.45) is 2.00. The Bertz CT molecular complexity index is 3060. The topological polar surface area (TPSA) is 35.6 Å². The molecule has 0 bridgehead atoms. The monoisotopic (exact) mass is 668 g/mol. The molecule has 0 aliphatic carbocycles. The largest absolute Gasteiger partial charge is 0.309 e. The summed E-state index contributed by atoms with van der Waals surface area (Å²) in [6.45, 7) is 0. The number of rotatable bonds is 4. The van der Waals surface area contributed by atoms with Gasteiger partial charge >= 0.3 is 0 Å². The maximum atomic E-state index is 5.34. The van der Waals surface area contributed by atoms with Crippen molar-refractivity contribution >= 4 is 75.3 Å². The average molecular weight is 669 g/mol. The summed E-state index contributed by atoms with van der Waals surface area (Å²) in [6, 6.07) is 58.6. The molecule has 0 fully saturated rings. The van der Waals surface area contributed by atoms with Crippen LogP contribution in [0.15, 0.2) is 170 Å². The molecular weight excluding hydrogens is 641 g/mol. The Kier molecular flexibility index (Phi) is 6.09. The molecule has 4 heterocycles. The van der Waals surface area contributed by atoms with Crippen LogP contribution in [0.4, 0.5) is 0 Å². The van der Waals surface area contributed by atoms with Gasteiger partial charge in [-0.25, -0.2) is 9.97 Å². The SMILES string of the molecule is c1ccc(-c2ccccc2-n2c3ccccc3c3ccccc32)c(-c2ncc3sc4ccc(-n5c6ccccc6c6ccccc65)cc4c3n2)c1. The second kappa shape index (κ2) is 11.0. The van der Waals surface area contributed by atoms with E-state index in [0.29, 0.717) is 0 Å². The number of fused-ring (bicyclic) bond motifs is 9. The van der Waals surface area contributed by atoms with Crippen LogP contribution in [0.25, 0.3) is 97.8 Å². The van der Waals surface area contributed by atoms with Gasteiger partial charge in [-0.2, -0.15) is 0 Å². The second-order valence-electron chi connectivity index (χ2n) is 13.0. The number of aromatic nitrogens is 4. The Labute approximate surface area is 297 Å². The number of benzene rings is 7. The molecule has 0 saturated heterocycles. The van der Waals surface area contributed by atoms with E-state index in [1.54, 1.807) is 11.3 Å². The molecule has 0 saturated carbocycles. The van der Waals surface area contributed by atoms with Crippen LogP contribution in [0.3, 0.4) is 0 Å². The van der Waals surface area contributed by atoms with Gasteiger partial charge in [0, 0.05) is 54.6 Å². The van der Waals surface area contributed by atoms with Gasteiger partial charge in [0.15, 0.2) is 5.82 Å². The first-order valence-corrected chi connectivity index (χ1v) is 18.0. The lowest BCUT2D eigenvalue weighted by Gasteiger charge is -2.16. The molecule has 11 rings (SSSR count). The van der Waals surface area contributed by atoms with E-state index in [1.807, 2.05) is 6.20 Å². The van der Waals surface area contributed by atoms with Crippen molar-refractivity contribution < 1.29 is 0 Å². The van der Waals surface area contributed by atoms with Crippen molar-refractivity contribution in [2.24, 2.45) is 0 Å². The first-order valence-electron chi connectivity index (χ1n) is 17.2. The van der Waals surface area contributed by atoms with E-state index in [4.69, 9.17) is 9.97 Å². The third-order valence-electron chi connectivity index (χ3n) is 10.2. The fraction of sp³-hybridized carbons (Fsp3) is 0. The van der Waals surface area contributed by atoms with Crippen molar-refractivity contribution in [3.8, 4) is 33.9 Å². The first-order chi connectivity index (χ1) is 25.3. The van der Waals surface area contributed by atoms with Gasteiger partial charge in [0.25, 0.3) is 0 Å². The third kappa shape index (κ3) is 4.19. The number of nitrogens with zero attached hydrogens (tertiary/aromatic N) is 4. The van der Waals surface area contributed by atoms with Crippen LogP contribution in [-0.4, -0.2) is 19.1 Å². The van der Waals surface area contributed by atoms with Crippen LogP contribution in [0.5, 0.6) is 0 Å². The predicted molar refractivity (Wildman–Crippen MR) is 214 cm³/mol. The van der Waals surface area contributed by atoms with Crippen LogP contribution in [0.1, 0.15) is 0 Å². The average Bonchev–Trinajstić information content (AvgIpc) is 3.85. The van der Waals surface area contributed by atoms with E-state index in [-0.39, 0.29) is 0 Å². The van der Waals surface area contributed by atoms with E-state index in [2.05, 4.69) is 173 Å². The minimum absolute atomic E-state index is 0.720. The van der Waals surface area contributed by atoms with E-state index in [1.165, 1.54) is 48.3 Å². The summed E-state index contributed by atoms with van der Waals surface area (Å²) >= 11 is 1.74. The minimum atomic E-state index is 0.720. The number of thiophene rings is 1. The normalized spacial score (nSPS) is 11.9. The Balaban J connectivity index is 1.10. The molecule has 0 aliphatic heterocycles. The standard InChI is InChI=1S/C46H28N4S/c1-2-19-36(30(13-1)31-14-3-10-22-40(31)50-41-23-11-6-17-34(41)35-18-7-12-24-42(35)50)46-47-28-44-45(48-46)37-27-29(25-26-43(37)51-44)49-38-20-8-4-15-32(38)33-16-5-9-21-39(33)49/h1-28H. The molecule has 11 aromatic rings. The first kappa shape index (κ1) is 28.3. The second-order valence-corrected chi connectivity index (χ2v) is 14.1. The number of hydrogen-bond acceptors (Lipinski definition) is 3. The van der Waals surface area contributed by atoms with Crippen LogP contribution in [0, 0.1) is 0 Å². The Morgan fingerprint density at radius 3 is 1.55 bits per heavy atom. The van der Waals surface area contributed by atoms with Gasteiger partial charge in [0.2, 0.25) is 0 Å². The van der Waals surface area contributed by atoms with Gasteiger partial charge in [-0.1, -0.05) is 115 Å². The summed E-state index contributed by atoms with van der Waals surface area (Å²) in [7, 11) is 0. The van der Waals surface area contributed by atoms with Crippen LogP contribution >= 0.6 is 11.3 Å². The molecule has 0 atom stereocenters. The fourth-order valence-corrected chi connectivity index (χ4v) is 9.01. The lowest BCUT2D eigenvalue weighted by molar-refractivity contribution is 1.18. The zero-order chi connectivity index (χ0) is 33.5. The summed E-state index contributed by atoms with van der Waals surface area (Å²) in [5.74, 6) is 0.720. The molecule has 7 aromatic carbocycles. The zero-order valence-electron chi connectivity index (χ0n) is 27.4. The Morgan fingerprint density at radius 1 is 0.412 bits per heavy atom. The van der Waals surface area contributed by atoms with Crippen molar-refractivity contribution in [3.05, 3.63) is 170 Å². The minimum Gasteiger partial charge on any atom is -0.309 e. The highest BCUT2D eigenvalue weighted by atomic mass is 32.1. The van der Waals surface area contributed by atoms with Crippen molar-refractivity contribution in [2.45, 2.75) is 0 Å². The van der Waals surface area contributed by atoms with E-state index in [9.17, 15) is 0 Å². The van der Waals surface area contributed by atoms with Crippen molar-refractivity contribution in [3.63, 3.8) is 0 Å². The zero-order valence-corrected chi connectivity index (χ0v) is 28.2. The molecule has 0 spiro atoms. The maximum absolute atomic E-state index is 5.34. The predicted octanol–water partition coefficient (Wildman–Crippen LogP) is 12.4. The molecule has 0 unspecified atom stereocenters. The van der Waals surface area contributed by atoms with Crippen LogP contribution in [-0.2, 0) is 0 Å². The molecule has 51 heavy (non-hydrogen) atoms. The Hall–Kier alpha value is -6.56. The van der Waals surface area contributed by atoms with Gasteiger partial charge in [-0.05, 0) is 54.1 Å². The van der Waals surface area contributed by atoms with Crippen LogP contribution < -0.4 is 0 Å². The van der Waals surface area contributed by atoms with Crippen molar-refractivity contribution in [1.82, 2.24) is 19.1 Å².